The predicted molar refractivity (Wildman–Crippen MR) is 73.9 cm³/mol. The van der Waals surface area contributed by atoms with Crippen molar-refractivity contribution in [2.75, 3.05) is 26.3 Å². The zero-order valence-corrected chi connectivity index (χ0v) is 11.4. The number of benzene rings is 1. The maximum absolute atomic E-state index is 10.2. The smallest absolute Gasteiger partial charge is 0.0933 e. The van der Waals surface area contributed by atoms with Gasteiger partial charge in [0.1, 0.15) is 0 Å². The van der Waals surface area contributed by atoms with Gasteiger partial charge in [-0.2, -0.15) is 0 Å². The molecule has 1 heterocycles. The number of ether oxygens (including phenoxy) is 1. The van der Waals surface area contributed by atoms with Gasteiger partial charge in [-0.15, -0.1) is 0 Å². The van der Waals surface area contributed by atoms with Gasteiger partial charge in [0.25, 0.3) is 0 Å². The summed E-state index contributed by atoms with van der Waals surface area (Å²) in [7, 11) is 0. The van der Waals surface area contributed by atoms with Crippen LogP contribution >= 0.6 is 0 Å². The summed E-state index contributed by atoms with van der Waals surface area (Å²) in [5, 5.41) is 19.3. The van der Waals surface area contributed by atoms with E-state index in [2.05, 4.69) is 11.8 Å². The van der Waals surface area contributed by atoms with Gasteiger partial charge in [-0.3, -0.25) is 4.90 Å². The number of morpholine rings is 1. The number of nitrogens with zero attached hydrogens (tertiary/aromatic N) is 1. The molecule has 1 aliphatic rings. The van der Waals surface area contributed by atoms with Gasteiger partial charge in [0.15, 0.2) is 0 Å². The van der Waals surface area contributed by atoms with Gasteiger partial charge in [-0.25, -0.2) is 0 Å². The molecule has 4 nitrogen and oxygen atoms in total. The minimum atomic E-state index is -0.427. The van der Waals surface area contributed by atoms with Gasteiger partial charge in [-0.05, 0) is 18.9 Å². The first-order chi connectivity index (χ1) is 9.20. The fourth-order valence-corrected chi connectivity index (χ4v) is 2.43. The van der Waals surface area contributed by atoms with Gasteiger partial charge in [0.05, 0.1) is 25.4 Å². The monoisotopic (exact) mass is 265 g/mol. The summed E-state index contributed by atoms with van der Waals surface area (Å²) in [5.41, 5.74) is 0.960. The van der Waals surface area contributed by atoms with Crippen molar-refractivity contribution >= 4 is 0 Å². The second-order valence-corrected chi connectivity index (χ2v) is 5.20. The lowest BCUT2D eigenvalue weighted by Gasteiger charge is -2.37. The van der Waals surface area contributed by atoms with E-state index in [9.17, 15) is 5.11 Å². The summed E-state index contributed by atoms with van der Waals surface area (Å²) in [4.78, 5) is 2.27. The number of aliphatic hydroxyl groups is 2. The number of aliphatic hydroxyl groups excluding tert-OH is 2. The predicted octanol–water partition coefficient (Wildman–Crippen LogP) is 1.19. The molecule has 0 aliphatic carbocycles. The van der Waals surface area contributed by atoms with Crippen molar-refractivity contribution in [3.63, 3.8) is 0 Å². The molecule has 1 fully saturated rings. The topological polar surface area (TPSA) is 52.9 Å². The highest BCUT2D eigenvalue weighted by molar-refractivity contribution is 5.17. The largest absolute Gasteiger partial charge is 0.394 e. The molecule has 2 rings (SSSR count). The van der Waals surface area contributed by atoms with E-state index in [1.165, 1.54) is 0 Å². The molecular formula is C15H23NO3. The fourth-order valence-electron chi connectivity index (χ4n) is 2.43. The van der Waals surface area contributed by atoms with E-state index >= 15 is 0 Å². The van der Waals surface area contributed by atoms with Crippen molar-refractivity contribution in [1.82, 2.24) is 4.90 Å². The maximum Gasteiger partial charge on any atom is 0.0933 e. The fraction of sp³-hybridized carbons (Fsp3) is 0.600. The summed E-state index contributed by atoms with van der Waals surface area (Å²) < 4.78 is 5.51. The van der Waals surface area contributed by atoms with Gasteiger partial charge < -0.3 is 14.9 Å². The summed E-state index contributed by atoms with van der Waals surface area (Å²) in [6.45, 7) is 4.37. The van der Waals surface area contributed by atoms with Crippen molar-refractivity contribution in [1.29, 1.82) is 0 Å². The molecule has 1 aromatic carbocycles. The zero-order valence-electron chi connectivity index (χ0n) is 11.4. The average Bonchev–Trinajstić information content (AvgIpc) is 2.47. The van der Waals surface area contributed by atoms with Crippen LogP contribution in [0.1, 0.15) is 25.0 Å². The molecule has 1 saturated heterocycles. The molecule has 0 saturated carbocycles. The van der Waals surface area contributed by atoms with Crippen molar-refractivity contribution < 1.29 is 14.9 Å². The first kappa shape index (κ1) is 14.5. The molecule has 0 aromatic heterocycles. The Morgan fingerprint density at radius 3 is 2.79 bits per heavy atom. The van der Waals surface area contributed by atoms with Crippen molar-refractivity contribution in [3.8, 4) is 0 Å². The van der Waals surface area contributed by atoms with Crippen LogP contribution in [0, 0.1) is 0 Å². The molecule has 0 spiro atoms. The van der Waals surface area contributed by atoms with Crippen LogP contribution in [0.25, 0.3) is 0 Å². The Morgan fingerprint density at radius 2 is 2.11 bits per heavy atom. The molecule has 3 atom stereocenters. The summed E-state index contributed by atoms with van der Waals surface area (Å²) in [6.07, 6.45) is 0.181. The van der Waals surface area contributed by atoms with E-state index in [0.29, 0.717) is 19.1 Å². The van der Waals surface area contributed by atoms with E-state index in [1.54, 1.807) is 0 Å². The summed E-state index contributed by atoms with van der Waals surface area (Å²) >= 11 is 0. The molecule has 3 unspecified atom stereocenters. The summed E-state index contributed by atoms with van der Waals surface area (Å²) in [6, 6.07) is 10.1. The molecule has 1 aliphatic heterocycles. The Hall–Kier alpha value is -0.940. The van der Waals surface area contributed by atoms with E-state index in [1.807, 2.05) is 30.3 Å². The minimum Gasteiger partial charge on any atom is -0.394 e. The first-order valence-electron chi connectivity index (χ1n) is 6.90. The molecule has 0 radical (unpaired) electrons. The Kier molecular flexibility index (Phi) is 5.34. The summed E-state index contributed by atoms with van der Waals surface area (Å²) in [5.74, 6) is 0. The van der Waals surface area contributed by atoms with Crippen molar-refractivity contribution in [2.45, 2.75) is 31.6 Å². The Bertz CT molecular complexity index is 371. The number of rotatable bonds is 5. The normalized spacial score (nSPS) is 26.3. The lowest BCUT2D eigenvalue weighted by Crippen LogP contribution is -2.49. The van der Waals surface area contributed by atoms with Crippen LogP contribution in [-0.2, 0) is 4.74 Å². The molecule has 1 aromatic rings. The van der Waals surface area contributed by atoms with Crippen molar-refractivity contribution in [2.24, 2.45) is 0 Å². The van der Waals surface area contributed by atoms with E-state index in [0.717, 1.165) is 18.7 Å². The van der Waals surface area contributed by atoms with E-state index in [4.69, 9.17) is 9.84 Å². The van der Waals surface area contributed by atoms with Crippen LogP contribution in [0.3, 0.4) is 0 Å². The van der Waals surface area contributed by atoms with Gasteiger partial charge in [0, 0.05) is 19.1 Å². The highest BCUT2D eigenvalue weighted by Crippen LogP contribution is 2.19. The van der Waals surface area contributed by atoms with Crippen LogP contribution in [0.15, 0.2) is 30.3 Å². The van der Waals surface area contributed by atoms with Crippen LogP contribution in [0.2, 0.25) is 0 Å². The highest BCUT2D eigenvalue weighted by Gasteiger charge is 2.25. The highest BCUT2D eigenvalue weighted by atomic mass is 16.5. The molecule has 4 heteroatoms. The third-order valence-electron chi connectivity index (χ3n) is 3.71. The van der Waals surface area contributed by atoms with Crippen LogP contribution in [0.5, 0.6) is 0 Å². The molecule has 0 amide bonds. The molecule has 106 valence electrons. The average molecular weight is 265 g/mol. The maximum atomic E-state index is 10.2. The zero-order chi connectivity index (χ0) is 13.7. The number of hydrogen-bond acceptors (Lipinski definition) is 4. The SMILES string of the molecule is CC1COC(CO)CN1CCC(O)c1ccccc1. The Morgan fingerprint density at radius 1 is 1.37 bits per heavy atom. The third-order valence-corrected chi connectivity index (χ3v) is 3.71. The van der Waals surface area contributed by atoms with Gasteiger partial charge in [-0.1, -0.05) is 30.3 Å². The van der Waals surface area contributed by atoms with Gasteiger partial charge in [0.2, 0.25) is 0 Å². The lowest BCUT2D eigenvalue weighted by atomic mass is 10.1. The number of hydrogen-bond donors (Lipinski definition) is 2. The molecule has 19 heavy (non-hydrogen) atoms. The lowest BCUT2D eigenvalue weighted by molar-refractivity contribution is -0.0800. The molecule has 0 bridgehead atoms. The Labute approximate surface area is 114 Å². The third kappa shape index (κ3) is 4.01. The molecular weight excluding hydrogens is 242 g/mol. The van der Waals surface area contributed by atoms with E-state index in [-0.39, 0.29) is 12.7 Å². The first-order valence-corrected chi connectivity index (χ1v) is 6.90. The van der Waals surface area contributed by atoms with Crippen molar-refractivity contribution in [3.05, 3.63) is 35.9 Å². The van der Waals surface area contributed by atoms with Crippen LogP contribution < -0.4 is 0 Å². The van der Waals surface area contributed by atoms with Crippen LogP contribution in [-0.4, -0.2) is 53.6 Å². The molecule has 2 N–H and O–H groups in total. The second-order valence-electron chi connectivity index (χ2n) is 5.20. The van der Waals surface area contributed by atoms with E-state index < -0.39 is 6.10 Å². The minimum absolute atomic E-state index is 0.0600. The second kappa shape index (κ2) is 7.01. The standard InChI is InChI=1S/C15H23NO3/c1-12-11-19-14(10-17)9-16(12)8-7-15(18)13-5-3-2-4-6-13/h2-6,12,14-15,17-18H,7-11H2,1H3. The Balaban J connectivity index is 1.84. The van der Waals surface area contributed by atoms with Crippen LogP contribution in [0.4, 0.5) is 0 Å². The van der Waals surface area contributed by atoms with Gasteiger partial charge >= 0.3 is 0 Å². The quantitative estimate of drug-likeness (QED) is 0.840.